The summed E-state index contributed by atoms with van der Waals surface area (Å²) in [6.45, 7) is 4.46. The minimum Gasteiger partial charge on any atom is -0.481 e. The lowest BCUT2D eigenvalue weighted by Gasteiger charge is -2.41. The van der Waals surface area contributed by atoms with Crippen LogP contribution in [0.15, 0.2) is 0 Å². The average molecular weight is 283 g/mol. The lowest BCUT2D eigenvalue weighted by Crippen LogP contribution is -2.57. The Bertz CT molecular complexity index is 384. The molecule has 0 aromatic carbocycles. The zero-order valence-corrected chi connectivity index (χ0v) is 12.4. The maximum atomic E-state index is 12.4. The maximum absolute atomic E-state index is 12.4. The van der Waals surface area contributed by atoms with E-state index in [9.17, 15) is 14.7 Å². The van der Waals surface area contributed by atoms with E-state index >= 15 is 0 Å². The van der Waals surface area contributed by atoms with E-state index in [1.807, 2.05) is 13.8 Å². The minimum absolute atomic E-state index is 0.00389. The van der Waals surface area contributed by atoms with Gasteiger partial charge in [-0.05, 0) is 39.5 Å². The van der Waals surface area contributed by atoms with Gasteiger partial charge in [-0.3, -0.25) is 9.59 Å². The predicted octanol–water partition coefficient (Wildman–Crippen LogP) is 1.95. The van der Waals surface area contributed by atoms with Gasteiger partial charge in [0.1, 0.15) is 0 Å². The molecule has 0 radical (unpaired) electrons. The highest BCUT2D eigenvalue weighted by atomic mass is 16.5. The normalized spacial score (nSPS) is 38.2. The highest BCUT2D eigenvalue weighted by Crippen LogP contribution is 2.34. The lowest BCUT2D eigenvalue weighted by molar-refractivity contribution is -0.147. The SMILES string of the molecule is CC1CC(C(=O)NC2(C)CCCCC2C(=O)O)CCO1. The summed E-state index contributed by atoms with van der Waals surface area (Å²) in [5, 5.41) is 12.4. The molecule has 4 unspecified atom stereocenters. The van der Waals surface area contributed by atoms with Crippen molar-refractivity contribution >= 4 is 11.9 Å². The fourth-order valence-corrected chi connectivity index (χ4v) is 3.50. The summed E-state index contributed by atoms with van der Waals surface area (Å²) in [7, 11) is 0. The van der Waals surface area contributed by atoms with E-state index in [1.54, 1.807) is 0 Å². The van der Waals surface area contributed by atoms with Gasteiger partial charge in [0.15, 0.2) is 0 Å². The van der Waals surface area contributed by atoms with Gasteiger partial charge in [-0.15, -0.1) is 0 Å². The van der Waals surface area contributed by atoms with Crippen LogP contribution >= 0.6 is 0 Å². The van der Waals surface area contributed by atoms with E-state index in [2.05, 4.69) is 5.32 Å². The first-order valence-electron chi connectivity index (χ1n) is 7.59. The number of rotatable bonds is 3. The third kappa shape index (κ3) is 3.32. The van der Waals surface area contributed by atoms with Crippen LogP contribution in [0.4, 0.5) is 0 Å². The molecule has 0 bridgehead atoms. The van der Waals surface area contributed by atoms with Crippen LogP contribution in [0.2, 0.25) is 0 Å². The van der Waals surface area contributed by atoms with E-state index in [1.165, 1.54) is 0 Å². The van der Waals surface area contributed by atoms with E-state index in [0.29, 0.717) is 13.0 Å². The van der Waals surface area contributed by atoms with E-state index in [0.717, 1.165) is 32.1 Å². The summed E-state index contributed by atoms with van der Waals surface area (Å²) in [6.07, 6.45) is 4.85. The molecule has 0 aromatic heterocycles. The molecule has 0 aromatic rings. The average Bonchev–Trinajstić information content (AvgIpc) is 2.38. The molecular weight excluding hydrogens is 258 g/mol. The van der Waals surface area contributed by atoms with Crippen molar-refractivity contribution in [3.05, 3.63) is 0 Å². The molecule has 1 aliphatic carbocycles. The molecule has 1 heterocycles. The molecule has 1 saturated heterocycles. The van der Waals surface area contributed by atoms with Gasteiger partial charge in [0, 0.05) is 12.5 Å². The second kappa shape index (κ2) is 6.12. The highest BCUT2D eigenvalue weighted by molar-refractivity contribution is 5.81. The topological polar surface area (TPSA) is 75.6 Å². The number of ether oxygens (including phenoxy) is 1. The molecule has 2 fully saturated rings. The Balaban J connectivity index is 2.02. The first-order valence-corrected chi connectivity index (χ1v) is 7.59. The van der Waals surface area contributed by atoms with Crippen LogP contribution in [0, 0.1) is 11.8 Å². The zero-order valence-electron chi connectivity index (χ0n) is 12.4. The van der Waals surface area contributed by atoms with E-state index in [4.69, 9.17) is 4.74 Å². The first kappa shape index (κ1) is 15.3. The molecule has 4 atom stereocenters. The Morgan fingerprint density at radius 1 is 1.30 bits per heavy atom. The number of amides is 1. The summed E-state index contributed by atoms with van der Waals surface area (Å²) in [6, 6.07) is 0. The zero-order chi connectivity index (χ0) is 14.8. The standard InChI is InChI=1S/C15H25NO4/c1-10-9-11(6-8-20-10)13(17)16-15(2)7-4-3-5-12(15)14(18)19/h10-12H,3-9H2,1-2H3,(H,16,17)(H,18,19). The van der Waals surface area contributed by atoms with Crippen LogP contribution in [0.5, 0.6) is 0 Å². The number of aliphatic carboxylic acids is 1. The summed E-state index contributed by atoms with van der Waals surface area (Å²) in [5.74, 6) is -1.33. The molecule has 1 amide bonds. The Kier molecular flexibility index (Phi) is 4.68. The van der Waals surface area contributed by atoms with Gasteiger partial charge >= 0.3 is 5.97 Å². The summed E-state index contributed by atoms with van der Waals surface area (Å²) < 4.78 is 5.46. The number of carbonyl (C=O) groups excluding carboxylic acids is 1. The van der Waals surface area contributed by atoms with Crippen molar-refractivity contribution in [2.24, 2.45) is 11.8 Å². The smallest absolute Gasteiger partial charge is 0.308 e. The fraction of sp³-hybridized carbons (Fsp3) is 0.867. The number of hydrogen-bond acceptors (Lipinski definition) is 3. The van der Waals surface area contributed by atoms with Crippen LogP contribution in [0.3, 0.4) is 0 Å². The van der Waals surface area contributed by atoms with Crippen molar-refractivity contribution < 1.29 is 19.4 Å². The first-order chi connectivity index (χ1) is 9.42. The van der Waals surface area contributed by atoms with Crippen LogP contribution in [0.25, 0.3) is 0 Å². The molecule has 20 heavy (non-hydrogen) atoms. The number of carbonyl (C=O) groups is 2. The summed E-state index contributed by atoms with van der Waals surface area (Å²) in [4.78, 5) is 23.8. The Labute approximate surface area is 120 Å². The van der Waals surface area contributed by atoms with Crippen molar-refractivity contribution in [3.8, 4) is 0 Å². The second-order valence-corrected chi connectivity index (χ2v) is 6.45. The molecule has 5 nitrogen and oxygen atoms in total. The molecule has 5 heteroatoms. The van der Waals surface area contributed by atoms with Crippen LogP contribution in [-0.2, 0) is 14.3 Å². The molecule has 1 aliphatic heterocycles. The van der Waals surface area contributed by atoms with Crippen molar-refractivity contribution in [2.45, 2.75) is 64.0 Å². The van der Waals surface area contributed by atoms with Gasteiger partial charge in [-0.25, -0.2) is 0 Å². The highest BCUT2D eigenvalue weighted by Gasteiger charge is 2.43. The molecule has 2 aliphatic rings. The number of hydrogen-bond donors (Lipinski definition) is 2. The van der Waals surface area contributed by atoms with Crippen molar-refractivity contribution in [1.29, 1.82) is 0 Å². The summed E-state index contributed by atoms with van der Waals surface area (Å²) in [5.41, 5.74) is -0.608. The third-order valence-corrected chi connectivity index (χ3v) is 4.77. The van der Waals surface area contributed by atoms with Gasteiger partial charge in [0.05, 0.1) is 17.6 Å². The minimum atomic E-state index is -0.798. The molecular formula is C15H25NO4. The van der Waals surface area contributed by atoms with Crippen molar-refractivity contribution in [1.82, 2.24) is 5.32 Å². The lowest BCUT2D eigenvalue weighted by atomic mass is 9.73. The fourth-order valence-electron chi connectivity index (χ4n) is 3.50. The monoisotopic (exact) mass is 283 g/mol. The Hall–Kier alpha value is -1.10. The number of carboxylic acid groups (broad SMARTS) is 1. The molecule has 2 rings (SSSR count). The molecule has 1 saturated carbocycles. The Morgan fingerprint density at radius 2 is 2.05 bits per heavy atom. The number of nitrogens with one attached hydrogen (secondary N) is 1. The van der Waals surface area contributed by atoms with Crippen molar-refractivity contribution in [3.63, 3.8) is 0 Å². The maximum Gasteiger partial charge on any atom is 0.308 e. The van der Waals surface area contributed by atoms with Gasteiger partial charge in [0.25, 0.3) is 0 Å². The largest absolute Gasteiger partial charge is 0.481 e. The van der Waals surface area contributed by atoms with Crippen LogP contribution in [-0.4, -0.2) is 35.2 Å². The van der Waals surface area contributed by atoms with Crippen molar-refractivity contribution in [2.75, 3.05) is 6.61 Å². The van der Waals surface area contributed by atoms with E-state index < -0.39 is 17.4 Å². The molecule has 2 N–H and O–H groups in total. The quantitative estimate of drug-likeness (QED) is 0.830. The second-order valence-electron chi connectivity index (χ2n) is 6.45. The van der Waals surface area contributed by atoms with E-state index in [-0.39, 0.29) is 17.9 Å². The third-order valence-electron chi connectivity index (χ3n) is 4.77. The predicted molar refractivity (Wildman–Crippen MR) is 74.3 cm³/mol. The van der Waals surface area contributed by atoms with Gasteiger partial charge in [0.2, 0.25) is 5.91 Å². The van der Waals surface area contributed by atoms with Gasteiger partial charge in [-0.2, -0.15) is 0 Å². The molecule has 114 valence electrons. The van der Waals surface area contributed by atoms with Gasteiger partial charge < -0.3 is 15.2 Å². The van der Waals surface area contributed by atoms with Crippen LogP contribution < -0.4 is 5.32 Å². The molecule has 0 spiro atoms. The summed E-state index contributed by atoms with van der Waals surface area (Å²) >= 11 is 0. The Morgan fingerprint density at radius 3 is 2.70 bits per heavy atom. The van der Waals surface area contributed by atoms with Crippen LogP contribution in [0.1, 0.15) is 52.4 Å². The van der Waals surface area contributed by atoms with Gasteiger partial charge in [-0.1, -0.05) is 12.8 Å². The number of carboxylic acids is 1.